The van der Waals surface area contributed by atoms with Crippen LogP contribution < -0.4 is 11.1 Å². The van der Waals surface area contributed by atoms with Gasteiger partial charge in [0.25, 0.3) is 0 Å². The maximum Gasteiger partial charge on any atom is 0.247 e. The van der Waals surface area contributed by atoms with Crippen molar-refractivity contribution in [3.8, 4) is 0 Å². The van der Waals surface area contributed by atoms with Crippen LogP contribution in [0.25, 0.3) is 0 Å². The molecule has 0 aliphatic heterocycles. The number of anilines is 1. The largest absolute Gasteiger partial charge is 0.367 e. The first-order valence-electron chi connectivity index (χ1n) is 6.79. The summed E-state index contributed by atoms with van der Waals surface area (Å²) >= 11 is 0. The minimum atomic E-state index is -0.882. The molecular formula is C17H20N2O. The van der Waals surface area contributed by atoms with Crippen molar-refractivity contribution in [2.24, 2.45) is 5.73 Å². The number of nitrogens with one attached hydrogen (secondary N) is 1. The number of aryl methyl sites for hydroxylation is 1. The standard InChI is InChI=1S/C17H20N2O/c1-3-17(16(18)20,14-10-5-4-6-11-14)19-15-12-8-7-9-13(15)2/h4-12,19H,3H2,1-2H3,(H2,18,20). The summed E-state index contributed by atoms with van der Waals surface area (Å²) in [6, 6.07) is 17.5. The first-order chi connectivity index (χ1) is 9.60. The van der Waals surface area contributed by atoms with Gasteiger partial charge >= 0.3 is 0 Å². The smallest absolute Gasteiger partial charge is 0.247 e. The lowest BCUT2D eigenvalue weighted by molar-refractivity contribution is -0.122. The summed E-state index contributed by atoms with van der Waals surface area (Å²) in [6.07, 6.45) is 0.584. The molecule has 0 saturated carbocycles. The first kappa shape index (κ1) is 14.1. The van der Waals surface area contributed by atoms with Gasteiger partial charge in [-0.15, -0.1) is 0 Å². The van der Waals surface area contributed by atoms with E-state index in [0.29, 0.717) is 6.42 Å². The second-order valence-corrected chi connectivity index (χ2v) is 4.93. The number of benzene rings is 2. The summed E-state index contributed by atoms with van der Waals surface area (Å²) in [7, 11) is 0. The lowest BCUT2D eigenvalue weighted by atomic mass is 9.86. The summed E-state index contributed by atoms with van der Waals surface area (Å²) in [5, 5.41) is 3.35. The number of rotatable bonds is 5. The predicted octanol–water partition coefficient (Wildman–Crippen LogP) is 3.20. The zero-order chi connectivity index (χ0) is 14.6. The van der Waals surface area contributed by atoms with Gasteiger partial charge in [-0.3, -0.25) is 4.79 Å². The zero-order valence-corrected chi connectivity index (χ0v) is 11.9. The van der Waals surface area contributed by atoms with Crippen LogP contribution in [0.15, 0.2) is 54.6 Å². The molecule has 1 unspecified atom stereocenters. The van der Waals surface area contributed by atoms with Crippen molar-refractivity contribution in [2.75, 3.05) is 5.32 Å². The molecule has 0 saturated heterocycles. The van der Waals surface area contributed by atoms with Crippen LogP contribution in [0.2, 0.25) is 0 Å². The van der Waals surface area contributed by atoms with Crippen LogP contribution >= 0.6 is 0 Å². The monoisotopic (exact) mass is 268 g/mol. The third kappa shape index (κ3) is 2.52. The van der Waals surface area contributed by atoms with E-state index in [2.05, 4.69) is 5.32 Å². The van der Waals surface area contributed by atoms with Crippen LogP contribution in [-0.2, 0) is 10.3 Å². The number of primary amides is 1. The molecule has 0 aromatic heterocycles. The molecule has 0 spiro atoms. The highest BCUT2D eigenvalue weighted by Gasteiger charge is 2.36. The number of nitrogens with two attached hydrogens (primary N) is 1. The fourth-order valence-electron chi connectivity index (χ4n) is 2.41. The van der Waals surface area contributed by atoms with Gasteiger partial charge in [-0.05, 0) is 30.5 Å². The SMILES string of the molecule is CCC(Nc1ccccc1C)(C(N)=O)c1ccccc1. The van der Waals surface area contributed by atoms with Crippen molar-refractivity contribution in [1.29, 1.82) is 0 Å². The molecule has 0 heterocycles. The van der Waals surface area contributed by atoms with Crippen molar-refractivity contribution in [3.05, 3.63) is 65.7 Å². The highest BCUT2D eigenvalue weighted by atomic mass is 16.1. The van der Waals surface area contributed by atoms with E-state index in [1.807, 2.05) is 68.4 Å². The highest BCUT2D eigenvalue weighted by molar-refractivity contribution is 5.89. The Bertz CT molecular complexity index is 595. The van der Waals surface area contributed by atoms with Gasteiger partial charge in [-0.25, -0.2) is 0 Å². The Morgan fingerprint density at radius 2 is 1.70 bits per heavy atom. The maximum absolute atomic E-state index is 12.1. The molecule has 0 radical (unpaired) electrons. The van der Waals surface area contributed by atoms with E-state index in [0.717, 1.165) is 16.8 Å². The number of hydrogen-bond acceptors (Lipinski definition) is 2. The molecule has 0 fully saturated rings. The molecule has 1 amide bonds. The third-order valence-electron chi connectivity index (χ3n) is 3.71. The predicted molar refractivity (Wildman–Crippen MR) is 82.4 cm³/mol. The summed E-state index contributed by atoms with van der Waals surface area (Å²) in [5.41, 5.74) is 7.73. The van der Waals surface area contributed by atoms with E-state index in [4.69, 9.17) is 5.73 Å². The molecule has 0 aliphatic carbocycles. The summed E-state index contributed by atoms with van der Waals surface area (Å²) < 4.78 is 0. The molecule has 0 bridgehead atoms. The van der Waals surface area contributed by atoms with Gasteiger partial charge in [-0.1, -0.05) is 55.5 Å². The Labute approximate surface area is 119 Å². The molecule has 1 atom stereocenters. The normalized spacial score (nSPS) is 13.5. The molecule has 104 valence electrons. The van der Waals surface area contributed by atoms with Gasteiger partial charge in [0, 0.05) is 5.69 Å². The number of carbonyl (C=O) groups excluding carboxylic acids is 1. The Morgan fingerprint density at radius 1 is 1.10 bits per heavy atom. The van der Waals surface area contributed by atoms with E-state index in [1.54, 1.807) is 0 Å². The maximum atomic E-state index is 12.1. The second kappa shape index (κ2) is 5.78. The van der Waals surface area contributed by atoms with Gasteiger partial charge < -0.3 is 11.1 Å². The van der Waals surface area contributed by atoms with Crippen LogP contribution in [0.4, 0.5) is 5.69 Å². The fraction of sp³-hybridized carbons (Fsp3) is 0.235. The summed E-state index contributed by atoms with van der Waals surface area (Å²) in [4.78, 5) is 12.1. The van der Waals surface area contributed by atoms with Crippen LogP contribution in [0, 0.1) is 6.92 Å². The van der Waals surface area contributed by atoms with Crippen LogP contribution in [-0.4, -0.2) is 5.91 Å². The van der Waals surface area contributed by atoms with Gasteiger partial charge in [0.05, 0.1) is 0 Å². The van der Waals surface area contributed by atoms with Gasteiger partial charge in [0.15, 0.2) is 0 Å². The average molecular weight is 268 g/mol. The van der Waals surface area contributed by atoms with E-state index in [-0.39, 0.29) is 5.91 Å². The lowest BCUT2D eigenvalue weighted by Crippen LogP contribution is -2.47. The molecule has 20 heavy (non-hydrogen) atoms. The molecule has 3 heteroatoms. The van der Waals surface area contributed by atoms with Crippen molar-refractivity contribution >= 4 is 11.6 Å². The van der Waals surface area contributed by atoms with E-state index in [1.165, 1.54) is 0 Å². The Hall–Kier alpha value is -2.29. The minimum Gasteiger partial charge on any atom is -0.367 e. The Morgan fingerprint density at radius 3 is 2.25 bits per heavy atom. The lowest BCUT2D eigenvalue weighted by Gasteiger charge is -2.33. The van der Waals surface area contributed by atoms with Gasteiger partial charge in [0.1, 0.15) is 5.54 Å². The zero-order valence-electron chi connectivity index (χ0n) is 11.9. The van der Waals surface area contributed by atoms with Gasteiger partial charge in [-0.2, -0.15) is 0 Å². The second-order valence-electron chi connectivity index (χ2n) is 4.93. The van der Waals surface area contributed by atoms with E-state index >= 15 is 0 Å². The number of para-hydroxylation sites is 1. The average Bonchev–Trinajstić information content (AvgIpc) is 2.47. The third-order valence-corrected chi connectivity index (χ3v) is 3.71. The van der Waals surface area contributed by atoms with Crippen molar-refractivity contribution in [1.82, 2.24) is 0 Å². The van der Waals surface area contributed by atoms with Crippen molar-refractivity contribution < 1.29 is 4.79 Å². The minimum absolute atomic E-state index is 0.366. The molecular weight excluding hydrogens is 248 g/mol. The van der Waals surface area contributed by atoms with Gasteiger partial charge in [0.2, 0.25) is 5.91 Å². The topological polar surface area (TPSA) is 55.1 Å². The molecule has 0 aliphatic rings. The quantitative estimate of drug-likeness (QED) is 0.875. The summed E-state index contributed by atoms with van der Waals surface area (Å²) in [5.74, 6) is -0.366. The first-order valence-corrected chi connectivity index (χ1v) is 6.79. The Kier molecular flexibility index (Phi) is 4.08. The number of carbonyl (C=O) groups is 1. The Balaban J connectivity index is 2.49. The number of hydrogen-bond donors (Lipinski definition) is 2. The number of amides is 1. The molecule has 2 aromatic carbocycles. The molecule has 2 rings (SSSR count). The van der Waals surface area contributed by atoms with Crippen LogP contribution in [0.1, 0.15) is 24.5 Å². The molecule has 2 aromatic rings. The summed E-state index contributed by atoms with van der Waals surface area (Å²) in [6.45, 7) is 3.97. The van der Waals surface area contributed by atoms with Crippen LogP contribution in [0.5, 0.6) is 0 Å². The molecule has 3 nitrogen and oxygen atoms in total. The molecule has 3 N–H and O–H groups in total. The van der Waals surface area contributed by atoms with Crippen molar-refractivity contribution in [3.63, 3.8) is 0 Å². The van der Waals surface area contributed by atoms with E-state index < -0.39 is 5.54 Å². The van der Waals surface area contributed by atoms with Crippen molar-refractivity contribution in [2.45, 2.75) is 25.8 Å². The highest BCUT2D eigenvalue weighted by Crippen LogP contribution is 2.30. The van der Waals surface area contributed by atoms with Crippen LogP contribution in [0.3, 0.4) is 0 Å². The fourth-order valence-corrected chi connectivity index (χ4v) is 2.41. The van der Waals surface area contributed by atoms with E-state index in [9.17, 15) is 4.79 Å².